The third-order valence-electron chi connectivity index (χ3n) is 4.95. The average molecular weight is 441 g/mol. The molecule has 1 aromatic heterocycles. The number of carbonyl (C=O) groups is 1. The number of aromatic nitrogens is 2. The molecule has 0 fully saturated rings. The highest BCUT2D eigenvalue weighted by molar-refractivity contribution is 6.07. The Labute approximate surface area is 188 Å². The predicted octanol–water partition coefficient (Wildman–Crippen LogP) is 3.71. The second kappa shape index (κ2) is 9.17. The summed E-state index contributed by atoms with van der Waals surface area (Å²) in [6.07, 6.45) is 10.8. The lowest BCUT2D eigenvalue weighted by Gasteiger charge is -2.18. The van der Waals surface area contributed by atoms with Gasteiger partial charge in [0.2, 0.25) is 0 Å². The molecule has 33 heavy (non-hydrogen) atoms. The maximum atomic E-state index is 13.3. The van der Waals surface area contributed by atoms with Gasteiger partial charge in [0.25, 0.3) is 17.2 Å². The van der Waals surface area contributed by atoms with Gasteiger partial charge in [0.05, 0.1) is 22.7 Å². The fourth-order valence-corrected chi connectivity index (χ4v) is 3.29. The van der Waals surface area contributed by atoms with E-state index in [0.29, 0.717) is 28.4 Å². The minimum atomic E-state index is -0.487. The molecule has 1 aliphatic heterocycles. The lowest BCUT2D eigenvalue weighted by Crippen LogP contribution is -2.24. The Morgan fingerprint density at radius 3 is 2.94 bits per heavy atom. The number of nitrogens with zero attached hydrogens (tertiary/aromatic N) is 4. The van der Waals surface area contributed by atoms with E-state index < -0.39 is 10.8 Å². The van der Waals surface area contributed by atoms with Gasteiger partial charge in [-0.1, -0.05) is 18.2 Å². The van der Waals surface area contributed by atoms with E-state index in [1.165, 1.54) is 16.8 Å². The van der Waals surface area contributed by atoms with Crippen molar-refractivity contribution >= 4 is 34.1 Å². The van der Waals surface area contributed by atoms with Gasteiger partial charge in [0, 0.05) is 36.5 Å². The van der Waals surface area contributed by atoms with Crippen LogP contribution in [0.1, 0.15) is 12.0 Å². The molecule has 9 heteroatoms. The number of non-ortho nitro benzene ring substituents is 1. The Kier molecular flexibility index (Phi) is 5.97. The first-order valence-corrected chi connectivity index (χ1v) is 10.0. The highest BCUT2D eigenvalue weighted by atomic mass is 16.6. The molecule has 3 aromatic rings. The number of hydrogen-bond donors (Lipinski definition) is 1. The average Bonchev–Trinajstić information content (AvgIpc) is 3.09. The summed E-state index contributed by atoms with van der Waals surface area (Å²) < 4.78 is 1.24. The van der Waals surface area contributed by atoms with Crippen LogP contribution in [-0.4, -0.2) is 25.5 Å². The molecule has 0 bridgehead atoms. The minimum absolute atomic E-state index is 0.0750. The minimum Gasteiger partial charge on any atom is -0.321 e. The maximum absolute atomic E-state index is 13.3. The van der Waals surface area contributed by atoms with Crippen LogP contribution in [-0.2, 0) is 11.8 Å². The maximum Gasteiger partial charge on any atom is 0.274 e. The van der Waals surface area contributed by atoms with E-state index in [4.69, 9.17) is 0 Å². The summed E-state index contributed by atoms with van der Waals surface area (Å²) in [5.41, 5.74) is 3.89. The monoisotopic (exact) mass is 441 g/mol. The highest BCUT2D eigenvalue weighted by Crippen LogP contribution is 2.21. The Bertz CT molecular complexity index is 1440. The van der Waals surface area contributed by atoms with Crippen LogP contribution < -0.4 is 10.9 Å². The molecule has 0 unspecified atom stereocenters. The number of benzene rings is 2. The van der Waals surface area contributed by atoms with Gasteiger partial charge in [-0.25, -0.2) is 4.68 Å². The summed E-state index contributed by atoms with van der Waals surface area (Å²) in [6.45, 7) is 0. The molecular weight excluding hydrogens is 422 g/mol. The zero-order valence-electron chi connectivity index (χ0n) is 17.6. The van der Waals surface area contributed by atoms with E-state index in [0.717, 1.165) is 0 Å². The summed E-state index contributed by atoms with van der Waals surface area (Å²) in [5, 5.41) is 19.1. The number of amides is 1. The lowest BCUT2D eigenvalue weighted by atomic mass is 10.1. The van der Waals surface area contributed by atoms with Crippen LogP contribution in [0.4, 0.5) is 11.4 Å². The second-order valence-electron chi connectivity index (χ2n) is 7.24. The van der Waals surface area contributed by atoms with E-state index in [-0.39, 0.29) is 16.9 Å². The fourth-order valence-electron chi connectivity index (χ4n) is 3.29. The standard InChI is InChI=1S/C24H19N5O4/c1-27-24(31)21-10-9-19(15-18(21)16-25-27)26-23(30)22(28-11-4-2-3-5-12-28)14-17-7-6-8-20(13-17)29(32)33/h2,5-16H,3H2,1H3,(H,26,30)/b22-14-. The molecular formula is C24H19N5O4. The summed E-state index contributed by atoms with van der Waals surface area (Å²) in [4.78, 5) is 37.7. The van der Waals surface area contributed by atoms with Gasteiger partial charge in [-0.3, -0.25) is 19.7 Å². The van der Waals surface area contributed by atoms with Crippen molar-refractivity contribution < 1.29 is 9.72 Å². The Hall–Kier alpha value is -4.75. The number of fused-ring (bicyclic) bond motifs is 1. The van der Waals surface area contributed by atoms with E-state index >= 15 is 0 Å². The van der Waals surface area contributed by atoms with Gasteiger partial charge >= 0.3 is 0 Å². The van der Waals surface area contributed by atoms with Crippen molar-refractivity contribution in [2.24, 2.45) is 7.05 Å². The summed E-state index contributed by atoms with van der Waals surface area (Å²) in [7, 11) is 1.57. The normalized spacial score (nSPS) is 13.2. The Balaban J connectivity index is 1.72. The number of anilines is 1. The number of allylic oxidation sites excluding steroid dienone is 2. The second-order valence-corrected chi connectivity index (χ2v) is 7.24. The van der Waals surface area contributed by atoms with Gasteiger partial charge in [-0.2, -0.15) is 5.10 Å². The van der Waals surface area contributed by atoms with Gasteiger partial charge in [-0.15, -0.1) is 5.73 Å². The molecule has 1 N–H and O–H groups in total. The number of carbonyl (C=O) groups excluding carboxylic acids is 1. The van der Waals surface area contributed by atoms with Crippen molar-refractivity contribution in [1.82, 2.24) is 14.7 Å². The number of nitro benzene ring substituents is 1. The van der Waals surface area contributed by atoms with Gasteiger partial charge in [-0.05, 0) is 42.3 Å². The molecule has 9 nitrogen and oxygen atoms in total. The molecule has 1 aliphatic rings. The number of hydrogen-bond acceptors (Lipinski definition) is 6. The first-order valence-electron chi connectivity index (χ1n) is 10.0. The zero-order valence-corrected chi connectivity index (χ0v) is 17.6. The smallest absolute Gasteiger partial charge is 0.274 e. The summed E-state index contributed by atoms with van der Waals surface area (Å²) in [6, 6.07) is 11.0. The van der Waals surface area contributed by atoms with Crippen molar-refractivity contribution in [1.29, 1.82) is 0 Å². The van der Waals surface area contributed by atoms with Crippen LogP contribution in [0.3, 0.4) is 0 Å². The molecule has 0 atom stereocenters. The van der Waals surface area contributed by atoms with E-state index in [1.54, 1.807) is 67.0 Å². The van der Waals surface area contributed by atoms with Gasteiger partial charge in [0.1, 0.15) is 5.70 Å². The number of nitro groups is 1. The number of nitrogens with one attached hydrogen (secondary N) is 1. The SMILES string of the molecule is Cn1ncc2cc(NC(=O)/C(=C/c3cccc([N+](=O)[O-])c3)N3C=C=CCC=C3)ccc2c1=O. The van der Waals surface area contributed by atoms with Crippen LogP contribution >= 0.6 is 0 Å². The number of rotatable bonds is 5. The Morgan fingerprint density at radius 2 is 2.12 bits per heavy atom. The van der Waals surface area contributed by atoms with Crippen LogP contribution in [0.25, 0.3) is 16.8 Å². The third-order valence-corrected chi connectivity index (χ3v) is 4.95. The van der Waals surface area contributed by atoms with Crippen LogP contribution in [0.2, 0.25) is 0 Å². The Morgan fingerprint density at radius 1 is 1.27 bits per heavy atom. The quantitative estimate of drug-likeness (QED) is 0.280. The van der Waals surface area contributed by atoms with Crippen molar-refractivity contribution in [3.05, 3.63) is 111 Å². The summed E-state index contributed by atoms with van der Waals surface area (Å²) in [5.74, 6) is -0.442. The first kappa shape index (κ1) is 21.5. The van der Waals surface area contributed by atoms with Gasteiger partial charge in [0.15, 0.2) is 0 Å². The van der Waals surface area contributed by atoms with Gasteiger partial charge < -0.3 is 10.2 Å². The predicted molar refractivity (Wildman–Crippen MR) is 125 cm³/mol. The van der Waals surface area contributed by atoms with Crippen LogP contribution in [0.15, 0.2) is 89.4 Å². The first-order chi connectivity index (χ1) is 15.9. The van der Waals surface area contributed by atoms with Crippen molar-refractivity contribution in [3.8, 4) is 0 Å². The van der Waals surface area contributed by atoms with E-state index in [1.807, 2.05) is 12.2 Å². The fraction of sp³-hybridized carbons (Fsp3) is 0.0833. The molecule has 164 valence electrons. The van der Waals surface area contributed by atoms with Crippen molar-refractivity contribution in [3.63, 3.8) is 0 Å². The molecule has 0 aliphatic carbocycles. The third kappa shape index (κ3) is 4.79. The van der Waals surface area contributed by atoms with Crippen molar-refractivity contribution in [2.75, 3.05) is 5.32 Å². The molecule has 0 spiro atoms. The highest BCUT2D eigenvalue weighted by Gasteiger charge is 2.17. The topological polar surface area (TPSA) is 110 Å². The lowest BCUT2D eigenvalue weighted by molar-refractivity contribution is -0.384. The molecule has 1 amide bonds. The molecule has 2 heterocycles. The van der Waals surface area contributed by atoms with E-state index in [9.17, 15) is 19.7 Å². The van der Waals surface area contributed by atoms with E-state index in [2.05, 4.69) is 16.1 Å². The summed E-state index contributed by atoms with van der Waals surface area (Å²) >= 11 is 0. The molecule has 2 aromatic carbocycles. The van der Waals surface area contributed by atoms with Crippen molar-refractivity contribution in [2.45, 2.75) is 6.42 Å². The molecule has 0 saturated heterocycles. The number of aryl methyl sites for hydroxylation is 1. The van der Waals surface area contributed by atoms with Crippen LogP contribution in [0.5, 0.6) is 0 Å². The van der Waals surface area contributed by atoms with Crippen LogP contribution in [0, 0.1) is 10.1 Å². The molecule has 0 radical (unpaired) electrons. The molecule has 0 saturated carbocycles. The zero-order chi connectivity index (χ0) is 23.4. The molecule has 4 rings (SSSR count). The largest absolute Gasteiger partial charge is 0.321 e.